The SMILES string of the molecule is O[C@@H](CCl)COc1ccccc1-c1ccccc1. The summed E-state index contributed by atoms with van der Waals surface area (Å²) in [4.78, 5) is 0. The fraction of sp³-hybridized carbons (Fsp3) is 0.200. The summed E-state index contributed by atoms with van der Waals surface area (Å²) in [5.74, 6) is 0.931. The van der Waals surface area contributed by atoms with E-state index in [9.17, 15) is 5.11 Å². The summed E-state index contributed by atoms with van der Waals surface area (Å²) >= 11 is 5.55. The van der Waals surface area contributed by atoms with Crippen LogP contribution in [0.1, 0.15) is 0 Å². The Hall–Kier alpha value is -1.51. The van der Waals surface area contributed by atoms with Crippen LogP contribution in [0.25, 0.3) is 11.1 Å². The van der Waals surface area contributed by atoms with E-state index in [1.54, 1.807) is 0 Å². The van der Waals surface area contributed by atoms with Crippen molar-refractivity contribution in [3.63, 3.8) is 0 Å². The number of benzene rings is 2. The summed E-state index contributed by atoms with van der Waals surface area (Å²) in [5, 5.41) is 9.42. The van der Waals surface area contributed by atoms with Gasteiger partial charge in [-0.1, -0.05) is 48.5 Å². The molecule has 94 valence electrons. The molecule has 0 saturated carbocycles. The topological polar surface area (TPSA) is 29.5 Å². The Morgan fingerprint density at radius 3 is 2.39 bits per heavy atom. The van der Waals surface area contributed by atoms with Crippen molar-refractivity contribution in [3.8, 4) is 16.9 Å². The molecular formula is C15H15ClO2. The number of alkyl halides is 1. The number of hydrogen-bond acceptors (Lipinski definition) is 2. The van der Waals surface area contributed by atoms with Crippen molar-refractivity contribution in [2.75, 3.05) is 12.5 Å². The zero-order valence-corrected chi connectivity index (χ0v) is 10.7. The zero-order valence-electron chi connectivity index (χ0n) is 9.92. The number of halogens is 1. The summed E-state index contributed by atoms with van der Waals surface area (Å²) < 4.78 is 5.61. The second-order valence-corrected chi connectivity index (χ2v) is 4.29. The summed E-state index contributed by atoms with van der Waals surface area (Å²) in [7, 11) is 0. The smallest absolute Gasteiger partial charge is 0.127 e. The molecule has 2 rings (SSSR count). The fourth-order valence-electron chi connectivity index (χ4n) is 1.68. The average Bonchev–Trinajstić information content (AvgIpc) is 2.46. The Labute approximate surface area is 112 Å². The van der Waals surface area contributed by atoms with Crippen LogP contribution in [0, 0.1) is 0 Å². The lowest BCUT2D eigenvalue weighted by Crippen LogP contribution is -2.19. The number of rotatable bonds is 5. The van der Waals surface area contributed by atoms with Crippen molar-refractivity contribution < 1.29 is 9.84 Å². The summed E-state index contributed by atoms with van der Waals surface area (Å²) in [6.07, 6.45) is -0.643. The Morgan fingerprint density at radius 2 is 1.67 bits per heavy atom. The molecule has 0 aliphatic rings. The molecule has 0 aliphatic carbocycles. The highest BCUT2D eigenvalue weighted by Gasteiger charge is 2.07. The van der Waals surface area contributed by atoms with Crippen molar-refractivity contribution in [1.82, 2.24) is 0 Å². The van der Waals surface area contributed by atoms with E-state index in [0.717, 1.165) is 16.9 Å². The van der Waals surface area contributed by atoms with E-state index in [-0.39, 0.29) is 12.5 Å². The third kappa shape index (κ3) is 3.25. The van der Waals surface area contributed by atoms with Gasteiger partial charge in [-0.25, -0.2) is 0 Å². The van der Waals surface area contributed by atoms with E-state index in [0.29, 0.717) is 0 Å². The minimum atomic E-state index is -0.643. The summed E-state index contributed by atoms with van der Waals surface area (Å²) in [6.45, 7) is 0.202. The van der Waals surface area contributed by atoms with Gasteiger partial charge in [0.15, 0.2) is 0 Å². The first-order valence-corrected chi connectivity index (χ1v) is 6.36. The van der Waals surface area contributed by atoms with Crippen LogP contribution in [0.5, 0.6) is 5.75 Å². The quantitative estimate of drug-likeness (QED) is 0.838. The van der Waals surface area contributed by atoms with E-state index in [2.05, 4.69) is 0 Å². The predicted octanol–water partition coefficient (Wildman–Crippen LogP) is 3.33. The van der Waals surface area contributed by atoms with Crippen LogP contribution >= 0.6 is 11.6 Å². The number of aliphatic hydroxyl groups excluding tert-OH is 1. The van der Waals surface area contributed by atoms with Gasteiger partial charge in [0, 0.05) is 5.56 Å². The first-order chi connectivity index (χ1) is 8.81. The molecule has 2 aromatic rings. The van der Waals surface area contributed by atoms with Crippen molar-refractivity contribution in [2.24, 2.45) is 0 Å². The van der Waals surface area contributed by atoms with Crippen LogP contribution < -0.4 is 4.74 Å². The Kier molecular flexibility index (Phi) is 4.62. The van der Waals surface area contributed by atoms with Crippen molar-refractivity contribution in [2.45, 2.75) is 6.10 Å². The minimum absolute atomic E-state index is 0.174. The van der Waals surface area contributed by atoms with Gasteiger partial charge in [-0.05, 0) is 11.6 Å². The Balaban J connectivity index is 2.21. The Bertz CT molecular complexity index is 485. The molecule has 18 heavy (non-hydrogen) atoms. The van der Waals surface area contributed by atoms with Crippen LogP contribution in [0.3, 0.4) is 0 Å². The van der Waals surface area contributed by atoms with Crippen LogP contribution in [0.4, 0.5) is 0 Å². The highest BCUT2D eigenvalue weighted by atomic mass is 35.5. The molecule has 0 heterocycles. The number of aliphatic hydroxyl groups is 1. The van der Waals surface area contributed by atoms with Crippen LogP contribution in [-0.2, 0) is 0 Å². The van der Waals surface area contributed by atoms with Crippen molar-refractivity contribution >= 4 is 11.6 Å². The third-order valence-electron chi connectivity index (χ3n) is 2.58. The molecule has 0 amide bonds. The van der Waals surface area contributed by atoms with Crippen molar-refractivity contribution in [3.05, 3.63) is 54.6 Å². The second-order valence-electron chi connectivity index (χ2n) is 3.98. The van der Waals surface area contributed by atoms with E-state index in [4.69, 9.17) is 16.3 Å². The summed E-state index contributed by atoms with van der Waals surface area (Å²) in [5.41, 5.74) is 2.10. The van der Waals surface area contributed by atoms with Gasteiger partial charge in [-0.3, -0.25) is 0 Å². The van der Waals surface area contributed by atoms with E-state index < -0.39 is 6.10 Å². The molecule has 2 aromatic carbocycles. The lowest BCUT2D eigenvalue weighted by molar-refractivity contribution is 0.125. The standard InChI is InChI=1S/C15H15ClO2/c16-10-13(17)11-18-15-9-5-4-8-14(15)12-6-2-1-3-7-12/h1-9,13,17H,10-11H2/t13-/m0/s1. The fourth-order valence-corrected chi connectivity index (χ4v) is 1.77. The highest BCUT2D eigenvalue weighted by molar-refractivity contribution is 6.18. The average molecular weight is 263 g/mol. The van der Waals surface area contributed by atoms with Crippen LogP contribution in [-0.4, -0.2) is 23.7 Å². The number of hydrogen-bond donors (Lipinski definition) is 1. The number of para-hydroxylation sites is 1. The molecule has 0 aromatic heterocycles. The highest BCUT2D eigenvalue weighted by Crippen LogP contribution is 2.29. The molecule has 0 bridgehead atoms. The monoisotopic (exact) mass is 262 g/mol. The van der Waals surface area contributed by atoms with Crippen molar-refractivity contribution in [1.29, 1.82) is 0 Å². The molecule has 3 heteroatoms. The molecule has 0 unspecified atom stereocenters. The molecule has 2 nitrogen and oxygen atoms in total. The molecule has 1 N–H and O–H groups in total. The van der Waals surface area contributed by atoms with Gasteiger partial charge in [0.05, 0.1) is 5.88 Å². The van der Waals surface area contributed by atoms with E-state index >= 15 is 0 Å². The van der Waals surface area contributed by atoms with Gasteiger partial charge in [0.2, 0.25) is 0 Å². The lowest BCUT2D eigenvalue weighted by atomic mass is 10.1. The maximum Gasteiger partial charge on any atom is 0.127 e. The maximum atomic E-state index is 9.42. The maximum absolute atomic E-state index is 9.42. The van der Waals surface area contributed by atoms with E-state index in [1.807, 2.05) is 54.6 Å². The lowest BCUT2D eigenvalue weighted by Gasteiger charge is -2.13. The summed E-state index contributed by atoms with van der Waals surface area (Å²) in [6, 6.07) is 17.8. The molecule has 1 atom stereocenters. The third-order valence-corrected chi connectivity index (χ3v) is 2.94. The minimum Gasteiger partial charge on any atom is -0.490 e. The molecule has 0 radical (unpaired) electrons. The zero-order chi connectivity index (χ0) is 12.8. The van der Waals surface area contributed by atoms with Gasteiger partial charge in [0.25, 0.3) is 0 Å². The van der Waals surface area contributed by atoms with Gasteiger partial charge < -0.3 is 9.84 Å². The van der Waals surface area contributed by atoms with Gasteiger partial charge >= 0.3 is 0 Å². The van der Waals surface area contributed by atoms with Gasteiger partial charge in [0.1, 0.15) is 18.5 Å². The van der Waals surface area contributed by atoms with Crippen LogP contribution in [0.2, 0.25) is 0 Å². The Morgan fingerprint density at radius 1 is 1.00 bits per heavy atom. The first kappa shape index (κ1) is 12.9. The molecular weight excluding hydrogens is 248 g/mol. The largest absolute Gasteiger partial charge is 0.490 e. The normalized spacial score (nSPS) is 12.1. The second kappa shape index (κ2) is 6.43. The van der Waals surface area contributed by atoms with Gasteiger partial charge in [-0.2, -0.15) is 0 Å². The first-order valence-electron chi connectivity index (χ1n) is 5.82. The van der Waals surface area contributed by atoms with Gasteiger partial charge in [-0.15, -0.1) is 11.6 Å². The van der Waals surface area contributed by atoms with Crippen LogP contribution in [0.15, 0.2) is 54.6 Å². The molecule has 0 aliphatic heterocycles. The number of ether oxygens (including phenoxy) is 1. The molecule has 0 saturated heterocycles. The van der Waals surface area contributed by atoms with E-state index in [1.165, 1.54) is 0 Å². The molecule has 0 spiro atoms. The molecule has 0 fully saturated rings. The predicted molar refractivity (Wildman–Crippen MR) is 74.1 cm³/mol.